The van der Waals surface area contributed by atoms with Crippen molar-refractivity contribution in [2.45, 2.75) is 174 Å². The van der Waals surface area contributed by atoms with Gasteiger partial charge in [-0.15, -0.1) is 0 Å². The minimum Gasteiger partial charge on any atom is -0.756 e. The largest absolute Gasteiger partial charge is 0.756 e. The van der Waals surface area contributed by atoms with E-state index in [1.165, 1.54) is 77.0 Å². The summed E-state index contributed by atoms with van der Waals surface area (Å²) in [6, 6.07) is 0. The Bertz CT molecular complexity index is 1190. The molecular formula is C46H82NO9P. The van der Waals surface area contributed by atoms with Crippen molar-refractivity contribution in [3.8, 4) is 0 Å². The van der Waals surface area contributed by atoms with Gasteiger partial charge in [0.15, 0.2) is 11.9 Å². The van der Waals surface area contributed by atoms with E-state index in [1.54, 1.807) is 18.4 Å². The van der Waals surface area contributed by atoms with E-state index in [9.17, 15) is 24.2 Å². The molecule has 5 atom stereocenters. The van der Waals surface area contributed by atoms with E-state index in [2.05, 4.69) is 13.8 Å². The smallest absolute Gasteiger partial charge is 0.305 e. The van der Waals surface area contributed by atoms with Gasteiger partial charge in [0.2, 0.25) is 0 Å². The number of phosphoric acid groups is 1. The Labute approximate surface area is 347 Å². The monoisotopic (exact) mass is 824 g/mol. The van der Waals surface area contributed by atoms with Gasteiger partial charge in [-0.1, -0.05) is 147 Å². The van der Waals surface area contributed by atoms with Gasteiger partial charge >= 0.3 is 5.97 Å². The first-order chi connectivity index (χ1) is 27.4. The molecule has 1 N–H and O–H groups in total. The number of likely N-dealkylation sites (N-methyl/N-ethyl adjacent to an activating group) is 1. The number of hydrogen-bond donors (Lipinski definition) is 1. The van der Waals surface area contributed by atoms with E-state index >= 15 is 0 Å². The van der Waals surface area contributed by atoms with E-state index in [-0.39, 0.29) is 43.9 Å². The Balaban J connectivity index is 2.42. The van der Waals surface area contributed by atoms with Gasteiger partial charge in [-0.3, -0.25) is 14.2 Å². The summed E-state index contributed by atoms with van der Waals surface area (Å²) in [5.41, 5.74) is 0. The Morgan fingerprint density at radius 3 is 2.05 bits per heavy atom. The lowest BCUT2D eigenvalue weighted by atomic mass is 9.90. The van der Waals surface area contributed by atoms with Crippen molar-refractivity contribution in [1.29, 1.82) is 0 Å². The number of esters is 1. The number of carbonyl (C=O) groups is 2. The van der Waals surface area contributed by atoms with Crippen molar-refractivity contribution < 1.29 is 47.2 Å². The van der Waals surface area contributed by atoms with Gasteiger partial charge in [-0.05, 0) is 56.6 Å². The van der Waals surface area contributed by atoms with Crippen LogP contribution >= 0.6 is 7.82 Å². The van der Waals surface area contributed by atoms with Crippen LogP contribution in [0, 0.1) is 11.8 Å². The van der Waals surface area contributed by atoms with Crippen LogP contribution in [0.3, 0.4) is 0 Å². The predicted octanol–water partition coefficient (Wildman–Crippen LogP) is 10.5. The van der Waals surface area contributed by atoms with Crippen molar-refractivity contribution in [3.63, 3.8) is 0 Å². The molecule has 1 rings (SSSR count). The third-order valence-electron chi connectivity index (χ3n) is 10.2. The maximum atomic E-state index is 12.6. The van der Waals surface area contributed by atoms with E-state index in [1.807, 2.05) is 51.5 Å². The normalized spacial score (nSPS) is 18.3. The minimum absolute atomic E-state index is 0.00519. The average Bonchev–Trinajstić information content (AvgIpc) is 3.51. The van der Waals surface area contributed by atoms with E-state index in [4.69, 9.17) is 18.5 Å². The summed E-state index contributed by atoms with van der Waals surface area (Å²) in [7, 11) is 1.25. The van der Waals surface area contributed by atoms with Gasteiger partial charge < -0.3 is 33.0 Å². The summed E-state index contributed by atoms with van der Waals surface area (Å²) in [4.78, 5) is 37.3. The summed E-state index contributed by atoms with van der Waals surface area (Å²) in [5, 5.41) is 10.2. The van der Waals surface area contributed by atoms with Crippen LogP contribution in [0.25, 0.3) is 0 Å². The number of quaternary nitrogens is 1. The van der Waals surface area contributed by atoms with Crippen molar-refractivity contribution in [1.82, 2.24) is 0 Å². The van der Waals surface area contributed by atoms with Crippen molar-refractivity contribution in [2.24, 2.45) is 11.8 Å². The van der Waals surface area contributed by atoms with Crippen molar-refractivity contribution in [3.05, 3.63) is 48.8 Å². The number of aliphatic hydroxyl groups excluding tert-OH is 1. The first kappa shape index (κ1) is 52.9. The third-order valence-corrected chi connectivity index (χ3v) is 11.2. The number of carbonyl (C=O) groups excluding carboxylic acids is 2. The van der Waals surface area contributed by atoms with Gasteiger partial charge in [0.1, 0.15) is 19.8 Å². The number of phosphoric ester groups is 1. The molecule has 0 fully saturated rings. The number of ether oxygens (including phenoxy) is 2. The molecule has 0 bridgehead atoms. The zero-order valence-corrected chi connectivity index (χ0v) is 37.5. The third kappa shape index (κ3) is 31.5. The lowest BCUT2D eigenvalue weighted by Gasteiger charge is -2.28. The van der Waals surface area contributed by atoms with E-state index in [0.717, 1.165) is 38.5 Å². The molecule has 10 nitrogen and oxygen atoms in total. The Morgan fingerprint density at radius 1 is 0.825 bits per heavy atom. The number of nitrogens with zero attached hydrogens (tertiary/aromatic N) is 1. The zero-order chi connectivity index (χ0) is 42.0. The lowest BCUT2D eigenvalue weighted by molar-refractivity contribution is -0.870. The van der Waals surface area contributed by atoms with Crippen LogP contribution < -0.4 is 4.89 Å². The van der Waals surface area contributed by atoms with Gasteiger partial charge in [0, 0.05) is 12.3 Å². The molecular weight excluding hydrogens is 741 g/mol. The van der Waals surface area contributed by atoms with E-state index in [0.29, 0.717) is 36.7 Å². The second-order valence-electron chi connectivity index (χ2n) is 16.8. The minimum atomic E-state index is -4.57. The van der Waals surface area contributed by atoms with Crippen LogP contribution in [0.2, 0.25) is 0 Å². The second-order valence-corrected chi connectivity index (χ2v) is 18.2. The molecule has 0 aromatic heterocycles. The summed E-state index contributed by atoms with van der Waals surface area (Å²) < 4.78 is 34.3. The highest BCUT2D eigenvalue weighted by Crippen LogP contribution is 2.38. The molecule has 0 aliphatic heterocycles. The second kappa shape index (κ2) is 33.7. The highest BCUT2D eigenvalue weighted by atomic mass is 31.2. The highest BCUT2D eigenvalue weighted by molar-refractivity contribution is 7.45. The SMILES string of the molecule is CCCCCCCCCCCCCCCC/C=C\O[C@H](COC(=O)CCC/C=C\C[C@H]1C=CC(=O)[C@@H]1/C=C/[C@@H](O)CCCCC)COP(=O)([O-])OCC[N+](C)(C)C. The molecule has 1 aliphatic carbocycles. The first-order valence-electron chi connectivity index (χ1n) is 22.5. The van der Waals surface area contributed by atoms with Crippen LogP contribution in [-0.4, -0.2) is 81.1 Å². The maximum Gasteiger partial charge on any atom is 0.305 e. The quantitative estimate of drug-likeness (QED) is 0.0161. The Morgan fingerprint density at radius 2 is 1.42 bits per heavy atom. The first-order valence-corrected chi connectivity index (χ1v) is 23.9. The molecule has 1 unspecified atom stereocenters. The van der Waals surface area contributed by atoms with Crippen molar-refractivity contribution >= 4 is 19.6 Å². The number of aliphatic hydroxyl groups is 1. The molecule has 1 aliphatic rings. The summed E-state index contributed by atoms with van der Waals surface area (Å²) in [5.74, 6) is -0.544. The van der Waals surface area contributed by atoms with Crippen LogP contribution in [0.4, 0.5) is 0 Å². The molecule has 0 radical (unpaired) electrons. The van der Waals surface area contributed by atoms with Gasteiger partial charge in [0.05, 0.1) is 40.1 Å². The fourth-order valence-electron chi connectivity index (χ4n) is 6.52. The van der Waals surface area contributed by atoms with Crippen LogP contribution in [-0.2, 0) is 32.7 Å². The topological polar surface area (TPSA) is 131 Å². The molecule has 0 amide bonds. The molecule has 330 valence electrons. The van der Waals surface area contributed by atoms with Gasteiger partial charge in [-0.25, -0.2) is 0 Å². The number of hydrogen-bond acceptors (Lipinski definition) is 9. The van der Waals surface area contributed by atoms with Crippen LogP contribution in [0.15, 0.2) is 48.8 Å². The summed E-state index contributed by atoms with van der Waals surface area (Å²) in [6.07, 6.45) is 38.5. The van der Waals surface area contributed by atoms with Crippen LogP contribution in [0.5, 0.6) is 0 Å². The zero-order valence-electron chi connectivity index (χ0n) is 36.6. The molecule has 0 aromatic carbocycles. The fraction of sp³-hybridized carbons (Fsp3) is 0.783. The average molecular weight is 824 g/mol. The van der Waals surface area contributed by atoms with E-state index < -0.39 is 26.0 Å². The summed E-state index contributed by atoms with van der Waals surface area (Å²) >= 11 is 0. The molecule has 0 heterocycles. The number of ketones is 1. The van der Waals surface area contributed by atoms with Gasteiger partial charge in [-0.2, -0.15) is 0 Å². The number of unbranched alkanes of at least 4 members (excludes halogenated alkanes) is 17. The van der Waals surface area contributed by atoms with Crippen LogP contribution in [0.1, 0.15) is 162 Å². The standard InChI is InChI=1S/C46H82NO9P/c1-6-8-10-11-12-13-14-15-16-17-18-19-20-21-24-28-37-53-43(40-56-57(51,52)55-38-36-47(3,4)5)39-54-46(50)31-27-23-22-26-29-41-32-35-45(49)44(41)34-33-42(48)30-25-9-7-2/h22,26,28,32-35,37,41-44,48H,6-21,23-25,27,29-31,36,38-40H2,1-5H3/b26-22-,34-33+,37-28-/t41-,42-,43+,44+/m0/s1. The number of rotatable bonds is 38. The fourth-order valence-corrected chi connectivity index (χ4v) is 7.25. The maximum absolute atomic E-state index is 12.6. The molecule has 0 aromatic rings. The lowest BCUT2D eigenvalue weighted by Crippen LogP contribution is -2.37. The highest BCUT2D eigenvalue weighted by Gasteiger charge is 2.27. The Hall–Kier alpha value is -2.07. The summed E-state index contributed by atoms with van der Waals surface area (Å²) in [6.45, 7) is 4.39. The predicted molar refractivity (Wildman–Crippen MR) is 230 cm³/mol. The molecule has 0 saturated heterocycles. The molecule has 57 heavy (non-hydrogen) atoms. The van der Waals surface area contributed by atoms with Gasteiger partial charge in [0.25, 0.3) is 7.82 Å². The van der Waals surface area contributed by atoms with Crippen molar-refractivity contribution in [2.75, 3.05) is 47.5 Å². The number of allylic oxidation sites excluding steroid dienone is 6. The molecule has 0 spiro atoms. The molecule has 11 heteroatoms. The molecule has 0 saturated carbocycles. The Kier molecular flexibility index (Phi) is 31.3.